The number of carbonyl (C=O) groups excluding carboxylic acids is 2. The highest BCUT2D eigenvalue weighted by Crippen LogP contribution is 2.32. The molecule has 0 aromatic heterocycles. The number of hydrogen-bond donors (Lipinski definition) is 1. The molecule has 1 atom stereocenters. The first-order chi connectivity index (χ1) is 28.0. The summed E-state index contributed by atoms with van der Waals surface area (Å²) in [5.74, 6) is -1.92. The number of carbonyl (C=O) groups is 3. The average Bonchev–Trinajstić information content (AvgIpc) is 3.26. The molecule has 1 amide bonds. The predicted molar refractivity (Wildman–Crippen MR) is 231 cm³/mol. The number of amides is 1. The number of carboxylic acids is 1. The number of aliphatic carboxylic acids is 1. The molecule has 7 aromatic carbocycles. The number of carboxylic acid groups (broad SMARTS) is 1. The highest BCUT2D eigenvalue weighted by molar-refractivity contribution is 5.97. The maximum Gasteiger partial charge on any atom is 0.343 e. The van der Waals surface area contributed by atoms with Crippen molar-refractivity contribution >= 4 is 17.8 Å². The Morgan fingerprint density at radius 2 is 0.983 bits per heavy atom. The summed E-state index contributed by atoms with van der Waals surface area (Å²) >= 11 is 0. The molecule has 0 bridgehead atoms. The third-order valence-corrected chi connectivity index (χ3v) is 10.3. The van der Waals surface area contributed by atoms with E-state index in [1.165, 1.54) is 4.90 Å². The van der Waals surface area contributed by atoms with Gasteiger partial charge in [0.25, 0.3) is 5.91 Å². The van der Waals surface area contributed by atoms with Crippen molar-refractivity contribution in [2.45, 2.75) is 45.2 Å². The van der Waals surface area contributed by atoms with E-state index in [1.54, 1.807) is 30.3 Å². The monoisotopic (exact) mass is 763 g/mol. The third-order valence-electron chi connectivity index (χ3n) is 10.3. The molecule has 0 aliphatic carbocycles. The summed E-state index contributed by atoms with van der Waals surface area (Å²) in [4.78, 5) is 43.1. The molecule has 0 saturated carbocycles. The number of hydrogen-bond acceptors (Lipinski definition) is 4. The highest BCUT2D eigenvalue weighted by atomic mass is 16.5. The second kappa shape index (κ2) is 17.4. The van der Waals surface area contributed by atoms with Crippen LogP contribution in [0.2, 0.25) is 0 Å². The number of rotatable bonds is 12. The Labute approximate surface area is 340 Å². The lowest BCUT2D eigenvalue weighted by Crippen LogP contribution is -2.46. The van der Waals surface area contributed by atoms with Crippen LogP contribution in [0.15, 0.2) is 182 Å². The van der Waals surface area contributed by atoms with Crippen LogP contribution >= 0.6 is 0 Å². The molecule has 58 heavy (non-hydrogen) atoms. The lowest BCUT2D eigenvalue weighted by molar-refractivity contribution is -0.142. The van der Waals surface area contributed by atoms with Gasteiger partial charge in [0.1, 0.15) is 11.8 Å². The van der Waals surface area contributed by atoms with E-state index in [0.717, 1.165) is 44.5 Å². The van der Waals surface area contributed by atoms with Gasteiger partial charge < -0.3 is 14.7 Å². The van der Waals surface area contributed by atoms with E-state index in [9.17, 15) is 19.5 Å². The zero-order valence-corrected chi connectivity index (χ0v) is 32.8. The van der Waals surface area contributed by atoms with Gasteiger partial charge in [-0.3, -0.25) is 4.79 Å². The van der Waals surface area contributed by atoms with Crippen LogP contribution in [0.5, 0.6) is 5.75 Å². The predicted octanol–water partition coefficient (Wildman–Crippen LogP) is 11.5. The molecular formula is C52H45NO5. The smallest absolute Gasteiger partial charge is 0.343 e. The Hall–Kier alpha value is -7.05. The van der Waals surface area contributed by atoms with Gasteiger partial charge in [0.2, 0.25) is 0 Å². The molecule has 0 heterocycles. The second-order valence-electron chi connectivity index (χ2n) is 15.4. The molecule has 288 valence electrons. The van der Waals surface area contributed by atoms with Crippen molar-refractivity contribution in [1.82, 2.24) is 4.90 Å². The van der Waals surface area contributed by atoms with Crippen molar-refractivity contribution < 1.29 is 24.2 Å². The van der Waals surface area contributed by atoms with Gasteiger partial charge in [0.15, 0.2) is 0 Å². The number of nitrogens with zero attached hydrogens (tertiary/aromatic N) is 1. The Bertz CT molecular complexity index is 2490. The van der Waals surface area contributed by atoms with Crippen LogP contribution in [0.3, 0.4) is 0 Å². The van der Waals surface area contributed by atoms with Gasteiger partial charge in [0, 0.05) is 17.5 Å². The molecule has 7 rings (SSSR count). The largest absolute Gasteiger partial charge is 0.480 e. The van der Waals surface area contributed by atoms with E-state index in [4.69, 9.17) is 4.74 Å². The van der Waals surface area contributed by atoms with Gasteiger partial charge in [0.05, 0.1) is 12.1 Å². The fourth-order valence-corrected chi connectivity index (χ4v) is 6.98. The van der Waals surface area contributed by atoms with E-state index in [1.807, 2.05) is 152 Å². The van der Waals surface area contributed by atoms with E-state index in [2.05, 4.69) is 20.8 Å². The summed E-state index contributed by atoms with van der Waals surface area (Å²) in [5, 5.41) is 10.9. The van der Waals surface area contributed by atoms with Gasteiger partial charge >= 0.3 is 11.9 Å². The van der Waals surface area contributed by atoms with Crippen LogP contribution in [-0.4, -0.2) is 33.9 Å². The van der Waals surface area contributed by atoms with Crippen molar-refractivity contribution in [1.29, 1.82) is 0 Å². The van der Waals surface area contributed by atoms with Gasteiger partial charge in [-0.05, 0) is 86.3 Å². The number of benzene rings is 7. The standard InChI is InChI=1S/C52H45NO5/c1-52(2,3)46-31-32-48(58-51(57)44-29-25-42(26-30-44)39-17-11-6-12-18-39)45(34-46)35-53(49(54)43-27-23-41(24-28-43)38-15-9-5-10-16-38)47(50(55)56)33-36-19-21-40(22-20-36)37-13-7-4-8-14-37/h4-32,34,47H,33,35H2,1-3H3,(H,55,56)/t47-/m0/s1. The van der Waals surface area contributed by atoms with Crippen LogP contribution in [0.1, 0.15) is 58.2 Å². The number of esters is 1. The Balaban J connectivity index is 1.24. The first-order valence-electron chi connectivity index (χ1n) is 19.4. The molecule has 6 heteroatoms. The molecule has 0 radical (unpaired) electrons. The first-order valence-corrected chi connectivity index (χ1v) is 19.4. The molecule has 0 aliphatic rings. The SMILES string of the molecule is CC(C)(C)c1ccc(OC(=O)c2ccc(-c3ccccc3)cc2)c(CN(C(=O)c2ccc(-c3ccccc3)cc2)[C@@H](Cc2ccc(-c3ccccc3)cc2)C(=O)O)c1. The summed E-state index contributed by atoms with van der Waals surface area (Å²) in [6, 6.07) is 56.2. The molecule has 0 spiro atoms. The van der Waals surface area contributed by atoms with Crippen molar-refractivity contribution in [2.75, 3.05) is 0 Å². The van der Waals surface area contributed by atoms with Crippen LogP contribution < -0.4 is 4.74 Å². The quantitative estimate of drug-likeness (QED) is 0.0989. The summed E-state index contributed by atoms with van der Waals surface area (Å²) in [5.41, 5.74) is 8.61. The lowest BCUT2D eigenvalue weighted by atomic mass is 9.86. The topological polar surface area (TPSA) is 83.9 Å². The van der Waals surface area contributed by atoms with E-state index in [0.29, 0.717) is 16.7 Å². The van der Waals surface area contributed by atoms with Gasteiger partial charge in [-0.15, -0.1) is 0 Å². The lowest BCUT2D eigenvalue weighted by Gasteiger charge is -2.31. The average molecular weight is 764 g/mol. The summed E-state index contributed by atoms with van der Waals surface area (Å²) < 4.78 is 6.09. The second-order valence-corrected chi connectivity index (χ2v) is 15.4. The molecular weight excluding hydrogens is 719 g/mol. The third kappa shape index (κ3) is 9.31. The van der Waals surface area contributed by atoms with Gasteiger partial charge in [-0.2, -0.15) is 0 Å². The maximum atomic E-state index is 14.7. The molecule has 0 unspecified atom stereocenters. The molecule has 0 fully saturated rings. The van der Waals surface area contributed by atoms with Crippen LogP contribution in [-0.2, 0) is 23.2 Å². The summed E-state index contributed by atoms with van der Waals surface area (Å²) in [7, 11) is 0. The number of ether oxygens (including phenoxy) is 1. The minimum atomic E-state index is -1.25. The summed E-state index contributed by atoms with van der Waals surface area (Å²) in [6.07, 6.45) is 0.0556. The Morgan fingerprint density at radius 3 is 1.43 bits per heavy atom. The highest BCUT2D eigenvalue weighted by Gasteiger charge is 2.32. The van der Waals surface area contributed by atoms with Crippen LogP contribution in [0.4, 0.5) is 0 Å². The van der Waals surface area contributed by atoms with Crippen molar-refractivity contribution in [3.8, 4) is 39.1 Å². The van der Waals surface area contributed by atoms with Crippen molar-refractivity contribution in [3.05, 3.63) is 210 Å². The fraction of sp³-hybridized carbons (Fsp3) is 0.135. The maximum absolute atomic E-state index is 14.7. The zero-order valence-electron chi connectivity index (χ0n) is 32.8. The minimum Gasteiger partial charge on any atom is -0.480 e. The fourth-order valence-electron chi connectivity index (χ4n) is 6.98. The normalized spacial score (nSPS) is 11.7. The van der Waals surface area contributed by atoms with Crippen molar-refractivity contribution in [2.24, 2.45) is 0 Å². The molecule has 6 nitrogen and oxygen atoms in total. The molecule has 1 N–H and O–H groups in total. The van der Waals surface area contributed by atoms with E-state index < -0.39 is 23.9 Å². The van der Waals surface area contributed by atoms with Crippen LogP contribution in [0.25, 0.3) is 33.4 Å². The molecule has 7 aromatic rings. The van der Waals surface area contributed by atoms with E-state index >= 15 is 0 Å². The Kier molecular flexibility index (Phi) is 11.8. The minimum absolute atomic E-state index is 0.0556. The zero-order chi connectivity index (χ0) is 40.6. The van der Waals surface area contributed by atoms with Gasteiger partial charge in [-0.25, -0.2) is 9.59 Å². The first kappa shape index (κ1) is 39.2. The Morgan fingerprint density at radius 1 is 0.552 bits per heavy atom. The molecule has 0 aliphatic heterocycles. The van der Waals surface area contributed by atoms with Gasteiger partial charge in [-0.1, -0.05) is 166 Å². The van der Waals surface area contributed by atoms with E-state index in [-0.39, 0.29) is 24.1 Å². The summed E-state index contributed by atoms with van der Waals surface area (Å²) in [6.45, 7) is 6.09. The molecule has 0 saturated heterocycles. The van der Waals surface area contributed by atoms with Crippen molar-refractivity contribution in [3.63, 3.8) is 0 Å². The van der Waals surface area contributed by atoms with Crippen LogP contribution in [0, 0.1) is 0 Å².